The van der Waals surface area contributed by atoms with E-state index in [0.717, 1.165) is 30.5 Å². The standard InChI is InChI=1S/C13H21N5/c1-5-18(6-2)13-10-12(15-11(3)16-13)17(4)9-7-8-14/h10H,5-7,9H2,1-4H3. The molecule has 0 saturated heterocycles. The Hall–Kier alpha value is -1.83. The molecule has 0 aliphatic rings. The van der Waals surface area contributed by atoms with Crippen molar-refractivity contribution >= 4 is 11.6 Å². The van der Waals surface area contributed by atoms with E-state index in [-0.39, 0.29) is 0 Å². The van der Waals surface area contributed by atoms with Crippen LogP contribution in [0.4, 0.5) is 11.6 Å². The second kappa shape index (κ2) is 6.80. The summed E-state index contributed by atoms with van der Waals surface area (Å²) in [6.45, 7) is 8.65. The van der Waals surface area contributed by atoms with Crippen LogP contribution < -0.4 is 9.80 Å². The van der Waals surface area contributed by atoms with Crippen molar-refractivity contribution in [3.63, 3.8) is 0 Å². The minimum absolute atomic E-state index is 0.500. The minimum Gasteiger partial charge on any atom is -0.358 e. The molecule has 0 N–H and O–H groups in total. The van der Waals surface area contributed by atoms with Gasteiger partial charge in [0, 0.05) is 32.7 Å². The topological polar surface area (TPSA) is 56.0 Å². The molecule has 0 bridgehead atoms. The molecule has 18 heavy (non-hydrogen) atoms. The van der Waals surface area contributed by atoms with Gasteiger partial charge < -0.3 is 9.80 Å². The zero-order valence-electron chi connectivity index (χ0n) is 11.6. The van der Waals surface area contributed by atoms with Crippen molar-refractivity contribution in [3.05, 3.63) is 11.9 Å². The fourth-order valence-corrected chi connectivity index (χ4v) is 1.77. The molecule has 5 nitrogen and oxygen atoms in total. The molecule has 0 atom stereocenters. The highest BCUT2D eigenvalue weighted by Crippen LogP contribution is 2.18. The summed E-state index contributed by atoms with van der Waals surface area (Å²) in [5.41, 5.74) is 0. The lowest BCUT2D eigenvalue weighted by Crippen LogP contribution is -2.25. The second-order valence-corrected chi connectivity index (χ2v) is 4.13. The number of aryl methyl sites for hydroxylation is 1. The van der Waals surface area contributed by atoms with E-state index in [1.807, 2.05) is 24.9 Å². The average molecular weight is 247 g/mol. The lowest BCUT2D eigenvalue weighted by atomic mass is 10.3. The summed E-state index contributed by atoms with van der Waals surface area (Å²) in [7, 11) is 1.95. The Balaban J connectivity index is 2.96. The third-order valence-electron chi connectivity index (χ3n) is 2.85. The first-order valence-electron chi connectivity index (χ1n) is 6.31. The largest absolute Gasteiger partial charge is 0.358 e. The van der Waals surface area contributed by atoms with Crippen LogP contribution in [0.2, 0.25) is 0 Å². The summed E-state index contributed by atoms with van der Waals surface area (Å²) < 4.78 is 0. The van der Waals surface area contributed by atoms with E-state index < -0.39 is 0 Å². The molecule has 0 unspecified atom stereocenters. The predicted molar refractivity (Wildman–Crippen MR) is 73.8 cm³/mol. The Morgan fingerprint density at radius 1 is 1.22 bits per heavy atom. The highest BCUT2D eigenvalue weighted by Gasteiger charge is 2.09. The fourth-order valence-electron chi connectivity index (χ4n) is 1.77. The van der Waals surface area contributed by atoms with Gasteiger partial charge in [-0.05, 0) is 20.8 Å². The van der Waals surface area contributed by atoms with Gasteiger partial charge in [0.1, 0.15) is 17.5 Å². The van der Waals surface area contributed by atoms with Crippen LogP contribution in [0.3, 0.4) is 0 Å². The number of nitriles is 1. The van der Waals surface area contributed by atoms with Crippen LogP contribution in [0.15, 0.2) is 6.07 Å². The van der Waals surface area contributed by atoms with Gasteiger partial charge in [-0.25, -0.2) is 9.97 Å². The number of anilines is 2. The SMILES string of the molecule is CCN(CC)c1cc(N(C)CCC#N)nc(C)n1. The van der Waals surface area contributed by atoms with Crippen LogP contribution in [-0.2, 0) is 0 Å². The second-order valence-electron chi connectivity index (χ2n) is 4.13. The molecule has 0 radical (unpaired) electrons. The van der Waals surface area contributed by atoms with Gasteiger partial charge in [0.25, 0.3) is 0 Å². The van der Waals surface area contributed by atoms with E-state index in [1.54, 1.807) is 0 Å². The molecule has 0 spiro atoms. The van der Waals surface area contributed by atoms with E-state index in [1.165, 1.54) is 0 Å². The molecule has 0 aliphatic heterocycles. The predicted octanol–water partition coefficient (Wildman–Crippen LogP) is 1.98. The van der Waals surface area contributed by atoms with E-state index in [2.05, 4.69) is 34.8 Å². The van der Waals surface area contributed by atoms with Gasteiger partial charge in [0.2, 0.25) is 0 Å². The van der Waals surface area contributed by atoms with Gasteiger partial charge in [-0.15, -0.1) is 0 Å². The summed E-state index contributed by atoms with van der Waals surface area (Å²) >= 11 is 0. The molecule has 0 aliphatic carbocycles. The van der Waals surface area contributed by atoms with Crippen LogP contribution in [0.1, 0.15) is 26.1 Å². The normalized spacial score (nSPS) is 9.94. The zero-order chi connectivity index (χ0) is 13.5. The highest BCUT2D eigenvalue weighted by atomic mass is 15.2. The number of aromatic nitrogens is 2. The van der Waals surface area contributed by atoms with Gasteiger partial charge in [-0.2, -0.15) is 5.26 Å². The number of hydrogen-bond acceptors (Lipinski definition) is 5. The molecular weight excluding hydrogens is 226 g/mol. The third-order valence-corrected chi connectivity index (χ3v) is 2.85. The van der Waals surface area contributed by atoms with Gasteiger partial charge in [0.15, 0.2) is 0 Å². The van der Waals surface area contributed by atoms with Crippen molar-refractivity contribution in [1.29, 1.82) is 5.26 Å². The first-order chi connectivity index (χ1) is 8.62. The summed E-state index contributed by atoms with van der Waals surface area (Å²) in [6, 6.07) is 4.13. The van der Waals surface area contributed by atoms with Crippen LogP contribution in [-0.4, -0.2) is 36.6 Å². The van der Waals surface area contributed by atoms with E-state index in [0.29, 0.717) is 13.0 Å². The van der Waals surface area contributed by atoms with Crippen molar-refractivity contribution in [3.8, 4) is 6.07 Å². The lowest BCUT2D eigenvalue weighted by molar-refractivity contribution is 0.821. The summed E-state index contributed by atoms with van der Waals surface area (Å²) in [5.74, 6) is 2.59. The average Bonchev–Trinajstić information content (AvgIpc) is 2.36. The number of rotatable bonds is 6. The Morgan fingerprint density at radius 3 is 2.39 bits per heavy atom. The smallest absolute Gasteiger partial charge is 0.134 e. The first kappa shape index (κ1) is 14.2. The molecule has 0 saturated carbocycles. The first-order valence-corrected chi connectivity index (χ1v) is 6.31. The summed E-state index contributed by atoms with van der Waals surface area (Å²) in [5, 5.41) is 8.62. The summed E-state index contributed by atoms with van der Waals surface area (Å²) in [6.07, 6.45) is 0.500. The van der Waals surface area contributed by atoms with Crippen molar-refractivity contribution in [2.75, 3.05) is 36.5 Å². The number of hydrogen-bond donors (Lipinski definition) is 0. The maximum Gasteiger partial charge on any atom is 0.134 e. The zero-order valence-corrected chi connectivity index (χ0v) is 11.6. The molecule has 0 amide bonds. The van der Waals surface area contributed by atoms with Crippen molar-refractivity contribution in [2.45, 2.75) is 27.2 Å². The maximum absolute atomic E-state index is 8.62. The van der Waals surface area contributed by atoms with Crippen molar-refractivity contribution in [2.24, 2.45) is 0 Å². The van der Waals surface area contributed by atoms with Gasteiger partial charge in [-0.3, -0.25) is 0 Å². The lowest BCUT2D eigenvalue weighted by Gasteiger charge is -2.23. The highest BCUT2D eigenvalue weighted by molar-refractivity contribution is 5.50. The van der Waals surface area contributed by atoms with Gasteiger partial charge in [-0.1, -0.05) is 0 Å². The molecule has 0 fully saturated rings. The van der Waals surface area contributed by atoms with Crippen molar-refractivity contribution in [1.82, 2.24) is 9.97 Å². The Kier molecular flexibility index (Phi) is 5.37. The van der Waals surface area contributed by atoms with Crippen molar-refractivity contribution < 1.29 is 0 Å². The molecule has 1 aromatic heterocycles. The number of nitrogens with zero attached hydrogens (tertiary/aromatic N) is 5. The molecular formula is C13H21N5. The van der Waals surface area contributed by atoms with E-state index in [9.17, 15) is 0 Å². The van der Waals surface area contributed by atoms with Crippen LogP contribution in [0.25, 0.3) is 0 Å². The van der Waals surface area contributed by atoms with Gasteiger partial charge in [0.05, 0.1) is 12.5 Å². The monoisotopic (exact) mass is 247 g/mol. The Morgan fingerprint density at radius 2 is 1.83 bits per heavy atom. The van der Waals surface area contributed by atoms with Crippen LogP contribution >= 0.6 is 0 Å². The molecule has 1 rings (SSSR count). The quantitative estimate of drug-likeness (QED) is 0.769. The third kappa shape index (κ3) is 3.59. The molecule has 0 aromatic carbocycles. The van der Waals surface area contributed by atoms with Gasteiger partial charge >= 0.3 is 0 Å². The minimum atomic E-state index is 0.500. The molecule has 5 heteroatoms. The Bertz CT molecular complexity index is 420. The van der Waals surface area contributed by atoms with Crippen LogP contribution in [0.5, 0.6) is 0 Å². The van der Waals surface area contributed by atoms with Crippen LogP contribution in [0, 0.1) is 18.3 Å². The van der Waals surface area contributed by atoms with E-state index >= 15 is 0 Å². The maximum atomic E-state index is 8.62. The summed E-state index contributed by atoms with van der Waals surface area (Å²) in [4.78, 5) is 13.1. The molecule has 1 heterocycles. The van der Waals surface area contributed by atoms with E-state index in [4.69, 9.17) is 5.26 Å². The molecule has 98 valence electrons. The fraction of sp³-hybridized carbons (Fsp3) is 0.615. The molecule has 1 aromatic rings. The Labute approximate surface area is 109 Å².